The van der Waals surface area contributed by atoms with Gasteiger partial charge in [-0.25, -0.2) is 9.29 Å². The molecule has 4 aliphatic rings. The Kier molecular flexibility index (Phi) is 9.26. The number of nitrogens with two attached hydrogens (primary N) is 1. The second kappa shape index (κ2) is 12.0. The van der Waals surface area contributed by atoms with Crippen LogP contribution in [0.4, 0.5) is 4.39 Å². The van der Waals surface area contributed by atoms with Crippen molar-refractivity contribution in [3.8, 4) is 0 Å². The molecule has 3 aliphatic heterocycles. The number of halogens is 1. The minimum Gasteiger partial charge on any atom is -0.387 e. The van der Waals surface area contributed by atoms with Crippen molar-refractivity contribution in [3.63, 3.8) is 0 Å². The van der Waals surface area contributed by atoms with E-state index in [2.05, 4.69) is 26.2 Å². The highest BCUT2D eigenvalue weighted by atomic mass is 19.1. The van der Waals surface area contributed by atoms with Gasteiger partial charge in [-0.2, -0.15) is 0 Å². The monoisotopic (exact) mass is 475 g/mol. The van der Waals surface area contributed by atoms with Gasteiger partial charge < -0.3 is 35.6 Å². The zero-order chi connectivity index (χ0) is 23.4. The van der Waals surface area contributed by atoms with Crippen LogP contribution < -0.4 is 27.0 Å². The fourth-order valence-electron chi connectivity index (χ4n) is 5.34. The smallest absolute Gasteiger partial charge is 0.142 e. The number of rotatable bonds is 10. The maximum absolute atomic E-state index is 13.4. The number of aliphatic hydroxyl groups is 2. The number of ether oxygens (including phenoxy) is 2. The Labute approximate surface area is 195 Å². The molecule has 12 heteroatoms. The van der Waals surface area contributed by atoms with E-state index in [1.54, 1.807) is 0 Å². The third-order valence-electron chi connectivity index (χ3n) is 7.26. The standard InChI is InChI=1S/C21H42FN7O4/c1-28(7-5-24-6-8-32-14-4-2-3-13(22)9-14)10-15-17(30)18(31)21(33-15)29-12-27-16-19(23)25-11-26-20(16)29/h13-21,24-27,30-31H,2-12,23H2,1H3/t13?,14?,15-,16?,17-,18-,19?,20?,21-/m1/s1. The lowest BCUT2D eigenvalue weighted by atomic mass is 9.96. The Morgan fingerprint density at radius 2 is 2.06 bits per heavy atom. The number of likely N-dealkylation sites (N-methyl/N-ethyl adjacent to an activating group) is 1. The van der Waals surface area contributed by atoms with Gasteiger partial charge in [-0.15, -0.1) is 0 Å². The molecule has 11 nitrogen and oxygen atoms in total. The Morgan fingerprint density at radius 1 is 1.21 bits per heavy atom. The van der Waals surface area contributed by atoms with E-state index in [9.17, 15) is 14.6 Å². The van der Waals surface area contributed by atoms with Crippen LogP contribution in [0.3, 0.4) is 0 Å². The molecular formula is C21H42FN7O4. The summed E-state index contributed by atoms with van der Waals surface area (Å²) in [5.41, 5.74) is 6.13. The van der Waals surface area contributed by atoms with Crippen molar-refractivity contribution in [2.45, 2.75) is 80.9 Å². The van der Waals surface area contributed by atoms with Gasteiger partial charge >= 0.3 is 0 Å². The normalized spacial score (nSPS) is 42.2. The number of nitrogens with one attached hydrogen (secondary N) is 4. The summed E-state index contributed by atoms with van der Waals surface area (Å²) in [6.07, 6.45) is -0.894. The summed E-state index contributed by atoms with van der Waals surface area (Å²) in [4.78, 5) is 4.08. The van der Waals surface area contributed by atoms with Gasteiger partial charge in [0.2, 0.25) is 0 Å². The Bertz CT molecular complexity index is 611. The van der Waals surface area contributed by atoms with Crippen LogP contribution in [-0.4, -0.2) is 128 Å². The summed E-state index contributed by atoms with van der Waals surface area (Å²) in [7, 11) is 1.97. The molecule has 4 rings (SSSR count). The Hall–Kier alpha value is -0.510. The maximum Gasteiger partial charge on any atom is 0.142 e. The average molecular weight is 476 g/mol. The largest absolute Gasteiger partial charge is 0.387 e. The summed E-state index contributed by atoms with van der Waals surface area (Å²) in [6, 6.07) is -0.0000145. The predicted molar refractivity (Wildman–Crippen MR) is 121 cm³/mol. The maximum atomic E-state index is 13.4. The Balaban J connectivity index is 1.13. The summed E-state index contributed by atoms with van der Waals surface area (Å²) >= 11 is 0. The van der Waals surface area contributed by atoms with E-state index in [-0.39, 0.29) is 24.5 Å². The van der Waals surface area contributed by atoms with Crippen LogP contribution in [0.15, 0.2) is 0 Å². The van der Waals surface area contributed by atoms with Gasteiger partial charge in [-0.05, 0) is 26.3 Å². The zero-order valence-electron chi connectivity index (χ0n) is 19.5. The molecule has 1 saturated carbocycles. The number of nitrogens with zero attached hydrogens (tertiary/aromatic N) is 2. The van der Waals surface area contributed by atoms with Gasteiger partial charge in [0.1, 0.15) is 30.7 Å². The molecule has 33 heavy (non-hydrogen) atoms. The molecule has 0 aromatic rings. The molecule has 0 radical (unpaired) electrons. The number of aliphatic hydroxyl groups excluding tert-OH is 2. The number of hydrogen-bond acceptors (Lipinski definition) is 11. The number of hydrogen-bond donors (Lipinski definition) is 7. The van der Waals surface area contributed by atoms with Crippen molar-refractivity contribution >= 4 is 0 Å². The van der Waals surface area contributed by atoms with Crippen molar-refractivity contribution in [1.82, 2.24) is 31.1 Å². The first-order valence-electron chi connectivity index (χ1n) is 12.3. The topological polar surface area (TPSA) is 140 Å². The molecule has 192 valence electrons. The lowest BCUT2D eigenvalue weighted by molar-refractivity contribution is -0.106. The van der Waals surface area contributed by atoms with Crippen molar-refractivity contribution < 1.29 is 24.1 Å². The van der Waals surface area contributed by atoms with Crippen LogP contribution in [0.25, 0.3) is 0 Å². The third-order valence-corrected chi connectivity index (χ3v) is 7.26. The molecule has 3 saturated heterocycles. The molecule has 0 bridgehead atoms. The van der Waals surface area contributed by atoms with E-state index in [0.29, 0.717) is 39.3 Å². The quantitative estimate of drug-likeness (QED) is 0.165. The van der Waals surface area contributed by atoms with Crippen LogP contribution in [0.2, 0.25) is 0 Å². The third kappa shape index (κ3) is 6.39. The molecule has 0 spiro atoms. The predicted octanol–water partition coefficient (Wildman–Crippen LogP) is -2.76. The Morgan fingerprint density at radius 3 is 2.88 bits per heavy atom. The van der Waals surface area contributed by atoms with E-state index < -0.39 is 30.7 Å². The number of alkyl halides is 1. The molecule has 0 amide bonds. The van der Waals surface area contributed by atoms with Crippen molar-refractivity contribution in [2.75, 3.05) is 53.2 Å². The van der Waals surface area contributed by atoms with Crippen LogP contribution in [0, 0.1) is 0 Å². The summed E-state index contributed by atoms with van der Waals surface area (Å²) in [5, 5.41) is 34.5. The number of fused-ring (bicyclic) bond motifs is 1. The highest BCUT2D eigenvalue weighted by molar-refractivity contribution is 5.01. The second-order valence-corrected chi connectivity index (χ2v) is 9.77. The average Bonchev–Trinajstić information content (AvgIpc) is 3.34. The molecule has 0 aromatic heterocycles. The van der Waals surface area contributed by atoms with Crippen molar-refractivity contribution in [1.29, 1.82) is 0 Å². The van der Waals surface area contributed by atoms with Gasteiger partial charge in [-0.3, -0.25) is 16.0 Å². The van der Waals surface area contributed by atoms with E-state index in [0.717, 1.165) is 32.5 Å². The minimum absolute atomic E-state index is 0.0000145. The first-order valence-corrected chi connectivity index (χ1v) is 12.3. The van der Waals surface area contributed by atoms with E-state index in [1.165, 1.54) is 0 Å². The van der Waals surface area contributed by atoms with Crippen LogP contribution in [0.5, 0.6) is 0 Å². The molecule has 1 aliphatic carbocycles. The first kappa shape index (κ1) is 25.6. The van der Waals surface area contributed by atoms with E-state index in [1.807, 2.05) is 11.9 Å². The van der Waals surface area contributed by atoms with Gasteiger partial charge in [0, 0.05) is 39.3 Å². The molecule has 3 heterocycles. The fourth-order valence-corrected chi connectivity index (χ4v) is 5.34. The molecule has 4 fully saturated rings. The summed E-state index contributed by atoms with van der Waals surface area (Å²) in [6.45, 7) is 4.44. The fraction of sp³-hybridized carbons (Fsp3) is 1.00. The highest BCUT2D eigenvalue weighted by Gasteiger charge is 2.51. The highest BCUT2D eigenvalue weighted by Crippen LogP contribution is 2.28. The minimum atomic E-state index is -0.990. The molecule has 5 unspecified atom stereocenters. The van der Waals surface area contributed by atoms with Gasteiger partial charge in [0.15, 0.2) is 0 Å². The first-order chi connectivity index (χ1) is 15.9. The van der Waals surface area contributed by atoms with Crippen molar-refractivity contribution in [3.05, 3.63) is 0 Å². The van der Waals surface area contributed by atoms with Gasteiger partial charge in [0.05, 0.1) is 37.8 Å². The van der Waals surface area contributed by atoms with Gasteiger partial charge in [0.25, 0.3) is 0 Å². The van der Waals surface area contributed by atoms with Crippen LogP contribution >= 0.6 is 0 Å². The summed E-state index contributed by atoms with van der Waals surface area (Å²) in [5.74, 6) is 0. The van der Waals surface area contributed by atoms with Crippen LogP contribution in [-0.2, 0) is 9.47 Å². The second-order valence-electron chi connectivity index (χ2n) is 9.77. The van der Waals surface area contributed by atoms with Gasteiger partial charge in [-0.1, -0.05) is 0 Å². The SMILES string of the molecule is CN(CCNCCOC1CCCC(F)C1)C[C@H]1O[C@@H](N2CNC3C(N)NCNC32)[C@H](O)[C@@H]1O. The van der Waals surface area contributed by atoms with Crippen molar-refractivity contribution in [2.24, 2.45) is 5.73 Å². The van der Waals surface area contributed by atoms with E-state index >= 15 is 0 Å². The molecular weight excluding hydrogens is 433 g/mol. The summed E-state index contributed by atoms with van der Waals surface area (Å²) < 4.78 is 25.3. The lowest BCUT2D eigenvalue weighted by Gasteiger charge is -2.38. The molecule has 0 aromatic carbocycles. The zero-order valence-corrected chi connectivity index (χ0v) is 19.5. The van der Waals surface area contributed by atoms with E-state index in [4.69, 9.17) is 15.2 Å². The molecule has 8 N–H and O–H groups in total. The molecule has 9 atom stereocenters. The van der Waals surface area contributed by atoms with Crippen LogP contribution in [0.1, 0.15) is 25.7 Å². The lowest BCUT2D eigenvalue weighted by Crippen LogP contribution is -2.68.